The van der Waals surface area contributed by atoms with Gasteiger partial charge in [0.25, 0.3) is 0 Å². The van der Waals surface area contributed by atoms with E-state index in [0.29, 0.717) is 11.8 Å². The molecule has 1 aromatic heterocycles. The predicted octanol–water partition coefficient (Wildman–Crippen LogP) is 22.3. The minimum atomic E-state index is -0.000711. The minimum absolute atomic E-state index is 0.000711. The molecule has 0 N–H and O–H groups in total. The van der Waals surface area contributed by atoms with E-state index in [2.05, 4.69) is 148 Å². The molecule has 0 fully saturated rings. The fourth-order valence-electron chi connectivity index (χ4n) is 13.5. The van der Waals surface area contributed by atoms with E-state index in [1.165, 1.54) is 235 Å². The monoisotopic (exact) mass is 999 g/mol. The normalized spacial score (nSPS) is 13.7. The van der Waals surface area contributed by atoms with Gasteiger partial charge in [-0.3, -0.25) is 0 Å². The first-order valence-electron chi connectivity index (χ1n) is 30.6. The van der Waals surface area contributed by atoms with Crippen molar-refractivity contribution in [1.29, 1.82) is 0 Å². The lowest BCUT2D eigenvalue weighted by molar-refractivity contribution is 0.398. The highest BCUT2D eigenvalue weighted by Gasteiger charge is 2.44. The summed E-state index contributed by atoms with van der Waals surface area (Å²) in [6.07, 6.45) is 36.3. The van der Waals surface area contributed by atoms with Crippen LogP contribution in [0.5, 0.6) is 0 Å². The Morgan fingerprint density at radius 1 is 0.280 bits per heavy atom. The van der Waals surface area contributed by atoms with Gasteiger partial charge in [-0.2, -0.15) is 0 Å². The Hall–Kier alpha value is -5.54. The molecule has 1 heterocycles. The van der Waals surface area contributed by atoms with E-state index in [1.807, 2.05) is 18.2 Å². The number of benzene rings is 6. The Labute approximate surface area is 453 Å². The van der Waals surface area contributed by atoms with Crippen LogP contribution in [0.2, 0.25) is 0 Å². The van der Waals surface area contributed by atoms with Crippen molar-refractivity contribution in [2.24, 2.45) is 0 Å². The third-order valence-corrected chi connectivity index (χ3v) is 17.7. The van der Waals surface area contributed by atoms with Crippen LogP contribution < -0.4 is 0 Å². The van der Waals surface area contributed by atoms with Gasteiger partial charge in [-0.25, -0.2) is 0 Å². The Bertz CT molecular complexity index is 2680. The molecular formula is C72H90N2O. The molecule has 75 heavy (non-hydrogen) atoms. The summed E-state index contributed by atoms with van der Waals surface area (Å²) in [6.45, 7) is 9.31. The van der Waals surface area contributed by atoms with Crippen LogP contribution in [-0.4, -0.2) is 10.2 Å². The number of hydrogen-bond donors (Lipinski definition) is 0. The van der Waals surface area contributed by atoms with Crippen molar-refractivity contribution in [2.45, 2.75) is 218 Å². The summed E-state index contributed by atoms with van der Waals surface area (Å²) in [6, 6.07) is 51.2. The number of unbranched alkanes of at least 4 members (excludes halogenated alkanes) is 20. The van der Waals surface area contributed by atoms with Gasteiger partial charge in [-0.15, -0.1) is 10.2 Å². The molecule has 2 aliphatic rings. The second-order valence-electron chi connectivity index (χ2n) is 22.9. The first kappa shape index (κ1) is 54.3. The molecule has 0 aliphatic heterocycles. The Morgan fingerprint density at radius 2 is 0.613 bits per heavy atom. The third-order valence-electron chi connectivity index (χ3n) is 17.7. The number of fused-ring (bicyclic) bond motifs is 6. The average molecular weight is 1000 g/mol. The van der Waals surface area contributed by atoms with Gasteiger partial charge in [0, 0.05) is 22.0 Å². The molecule has 0 bridgehead atoms. The number of aromatic nitrogens is 2. The van der Waals surface area contributed by atoms with E-state index in [1.54, 1.807) is 11.1 Å². The highest BCUT2D eigenvalue weighted by Crippen LogP contribution is 2.57. The molecule has 2 aliphatic carbocycles. The van der Waals surface area contributed by atoms with Crippen LogP contribution >= 0.6 is 0 Å². The van der Waals surface area contributed by atoms with Crippen molar-refractivity contribution in [3.05, 3.63) is 156 Å². The summed E-state index contributed by atoms with van der Waals surface area (Å²) < 4.78 is 6.63. The standard InChI is InChI=1S/C72H90N2O/c1-5-9-13-17-21-32-46-71(47-33-22-18-14-10-6-2)65-40-30-28-38-61(65)63-44-42-56(53-67(63)71)58-50-59(52-60(51-58)70-74-73-69(75-70)55-36-26-25-27-37-55)57-43-45-64-62-39-29-31-41-66(62)72(68(64)54-57,48-34-23-19-15-11-7-3)49-35-24-20-16-12-8-4/h25-31,36-45,50-54H,5-24,32-35,46-49H2,1-4H3. The molecule has 3 nitrogen and oxygen atoms in total. The van der Waals surface area contributed by atoms with Crippen molar-refractivity contribution in [1.82, 2.24) is 10.2 Å². The maximum absolute atomic E-state index is 6.63. The molecule has 0 unspecified atom stereocenters. The highest BCUT2D eigenvalue weighted by molar-refractivity contribution is 5.88. The lowest BCUT2D eigenvalue weighted by Gasteiger charge is -2.33. The van der Waals surface area contributed by atoms with Crippen molar-refractivity contribution < 1.29 is 4.42 Å². The first-order chi connectivity index (χ1) is 37.0. The Balaban J connectivity index is 1.15. The summed E-state index contributed by atoms with van der Waals surface area (Å²) in [5.41, 5.74) is 18.7. The van der Waals surface area contributed by atoms with Crippen molar-refractivity contribution in [2.75, 3.05) is 0 Å². The highest BCUT2D eigenvalue weighted by atomic mass is 16.4. The molecule has 0 spiro atoms. The second-order valence-corrected chi connectivity index (χ2v) is 22.9. The van der Waals surface area contributed by atoms with E-state index >= 15 is 0 Å². The molecule has 0 atom stereocenters. The summed E-state index contributed by atoms with van der Waals surface area (Å²) in [4.78, 5) is 0. The topological polar surface area (TPSA) is 38.9 Å². The summed E-state index contributed by atoms with van der Waals surface area (Å²) in [5.74, 6) is 1.10. The molecule has 6 aromatic carbocycles. The molecule has 394 valence electrons. The smallest absolute Gasteiger partial charge is 0.248 e. The zero-order chi connectivity index (χ0) is 51.7. The lowest BCUT2D eigenvalue weighted by atomic mass is 9.70. The summed E-state index contributed by atoms with van der Waals surface area (Å²) in [5, 5.41) is 9.41. The number of nitrogens with zero attached hydrogens (tertiary/aromatic N) is 2. The van der Waals surface area contributed by atoms with Gasteiger partial charge in [-0.05, 0) is 135 Å². The molecular weight excluding hydrogens is 909 g/mol. The Kier molecular flexibility index (Phi) is 19.5. The Morgan fingerprint density at radius 3 is 1.03 bits per heavy atom. The van der Waals surface area contributed by atoms with Crippen molar-refractivity contribution >= 4 is 0 Å². The van der Waals surface area contributed by atoms with Crippen molar-refractivity contribution in [3.8, 4) is 67.4 Å². The zero-order valence-electron chi connectivity index (χ0n) is 46.8. The summed E-state index contributed by atoms with van der Waals surface area (Å²) in [7, 11) is 0. The van der Waals surface area contributed by atoms with Crippen LogP contribution in [0.4, 0.5) is 0 Å². The summed E-state index contributed by atoms with van der Waals surface area (Å²) >= 11 is 0. The van der Waals surface area contributed by atoms with E-state index in [-0.39, 0.29) is 10.8 Å². The van der Waals surface area contributed by atoms with Crippen LogP contribution in [0, 0.1) is 0 Å². The van der Waals surface area contributed by atoms with E-state index < -0.39 is 0 Å². The van der Waals surface area contributed by atoms with Crippen molar-refractivity contribution in [3.63, 3.8) is 0 Å². The molecule has 3 heteroatoms. The van der Waals surface area contributed by atoms with Crippen LogP contribution in [0.25, 0.3) is 67.4 Å². The molecule has 0 saturated heterocycles. The largest absolute Gasteiger partial charge is 0.416 e. The predicted molar refractivity (Wildman–Crippen MR) is 320 cm³/mol. The van der Waals surface area contributed by atoms with Gasteiger partial charge in [0.15, 0.2) is 0 Å². The van der Waals surface area contributed by atoms with E-state index in [9.17, 15) is 0 Å². The van der Waals surface area contributed by atoms with E-state index in [0.717, 1.165) is 11.1 Å². The number of rotatable bonds is 32. The molecule has 9 rings (SSSR count). The van der Waals surface area contributed by atoms with Gasteiger partial charge in [0.2, 0.25) is 11.8 Å². The second kappa shape index (κ2) is 27.0. The first-order valence-corrected chi connectivity index (χ1v) is 30.6. The third kappa shape index (κ3) is 12.5. The molecule has 0 saturated carbocycles. The van der Waals surface area contributed by atoms with Crippen LogP contribution in [0.1, 0.15) is 230 Å². The minimum Gasteiger partial charge on any atom is -0.416 e. The SMILES string of the molecule is CCCCCCCCC1(CCCCCCCC)c2ccccc2-c2ccc(-c3cc(-c4ccc5c(c4)C(CCCCCCCC)(CCCCCCCC)c4ccccc4-5)cc(-c4nnc(-c5ccccc5)o4)c3)cc21. The van der Waals surface area contributed by atoms with Crippen LogP contribution in [0.3, 0.4) is 0 Å². The van der Waals surface area contributed by atoms with Gasteiger partial charge in [-0.1, -0.05) is 273 Å². The average Bonchev–Trinajstić information content (AvgIpc) is 4.19. The zero-order valence-corrected chi connectivity index (χ0v) is 46.8. The van der Waals surface area contributed by atoms with Gasteiger partial charge in [0.05, 0.1) is 0 Å². The van der Waals surface area contributed by atoms with E-state index in [4.69, 9.17) is 9.52 Å². The van der Waals surface area contributed by atoms with Gasteiger partial charge < -0.3 is 4.42 Å². The van der Waals surface area contributed by atoms with Gasteiger partial charge >= 0.3 is 0 Å². The molecule has 0 amide bonds. The maximum Gasteiger partial charge on any atom is 0.248 e. The molecule has 7 aromatic rings. The fourth-order valence-corrected chi connectivity index (χ4v) is 13.5. The number of hydrogen-bond acceptors (Lipinski definition) is 3. The maximum atomic E-state index is 6.63. The van der Waals surface area contributed by atoms with Gasteiger partial charge in [0.1, 0.15) is 0 Å². The van der Waals surface area contributed by atoms with Crippen LogP contribution in [-0.2, 0) is 10.8 Å². The molecule has 0 radical (unpaired) electrons. The van der Waals surface area contributed by atoms with Crippen LogP contribution in [0.15, 0.2) is 138 Å². The quantitative estimate of drug-likeness (QED) is 0.0395. The fraction of sp³-hybridized carbons (Fsp3) is 0.472. The lowest BCUT2D eigenvalue weighted by Crippen LogP contribution is -2.25.